The first-order chi connectivity index (χ1) is 6.72. The molecule has 0 saturated carbocycles. The molecule has 1 amide bonds. The minimum Gasteiger partial charge on any atom is -0.352 e. The zero-order valence-corrected chi connectivity index (χ0v) is 8.80. The maximum atomic E-state index is 11.4. The largest absolute Gasteiger partial charge is 0.352 e. The number of nitrogens with zero attached hydrogens (tertiary/aromatic N) is 1. The van der Waals surface area contributed by atoms with Gasteiger partial charge in [-0.25, -0.2) is 0 Å². The van der Waals surface area contributed by atoms with E-state index >= 15 is 0 Å². The molecule has 0 aliphatic carbocycles. The third-order valence-electron chi connectivity index (χ3n) is 1.75. The van der Waals surface area contributed by atoms with Crippen LogP contribution in [0.4, 0.5) is 0 Å². The van der Waals surface area contributed by atoms with E-state index in [0.717, 1.165) is 5.56 Å². The third kappa shape index (κ3) is 3.58. The van der Waals surface area contributed by atoms with E-state index in [-0.39, 0.29) is 11.9 Å². The Labute approximate surface area is 87.4 Å². The summed E-state index contributed by atoms with van der Waals surface area (Å²) in [6.45, 7) is 1.83. The molecule has 0 aliphatic rings. The van der Waals surface area contributed by atoms with Gasteiger partial charge < -0.3 is 5.32 Å². The predicted molar refractivity (Wildman–Crippen MR) is 55.9 cm³/mol. The molecular formula is C10H12N2OS. The summed E-state index contributed by atoms with van der Waals surface area (Å²) >= 11 is 1.58. The number of thiophene rings is 1. The van der Waals surface area contributed by atoms with Gasteiger partial charge in [0.15, 0.2) is 0 Å². The lowest BCUT2D eigenvalue weighted by Crippen LogP contribution is -2.33. The fraction of sp³-hybridized carbons (Fsp3) is 0.400. The molecule has 1 aromatic heterocycles. The number of hydrogen-bond acceptors (Lipinski definition) is 3. The molecule has 1 aromatic rings. The highest BCUT2D eigenvalue weighted by Crippen LogP contribution is 2.06. The highest BCUT2D eigenvalue weighted by molar-refractivity contribution is 7.07. The normalized spacial score (nSPS) is 11.7. The highest BCUT2D eigenvalue weighted by atomic mass is 32.1. The van der Waals surface area contributed by atoms with Crippen molar-refractivity contribution in [3.63, 3.8) is 0 Å². The van der Waals surface area contributed by atoms with Crippen LogP contribution in [-0.4, -0.2) is 11.9 Å². The summed E-state index contributed by atoms with van der Waals surface area (Å²) in [5, 5.41) is 15.1. The summed E-state index contributed by atoms with van der Waals surface area (Å²) in [7, 11) is 0. The van der Waals surface area contributed by atoms with Crippen LogP contribution in [0.1, 0.15) is 18.9 Å². The lowest BCUT2D eigenvalue weighted by molar-refractivity contribution is -0.121. The van der Waals surface area contributed by atoms with Crippen molar-refractivity contribution in [2.45, 2.75) is 25.8 Å². The molecular weight excluding hydrogens is 196 g/mol. The van der Waals surface area contributed by atoms with Gasteiger partial charge in [-0.05, 0) is 29.3 Å². The molecule has 0 aliphatic heterocycles. The molecule has 1 unspecified atom stereocenters. The highest BCUT2D eigenvalue weighted by Gasteiger charge is 2.07. The van der Waals surface area contributed by atoms with E-state index in [1.54, 1.807) is 11.3 Å². The molecule has 0 saturated heterocycles. The number of hydrogen-bond donors (Lipinski definition) is 1. The minimum atomic E-state index is -0.0638. The Hall–Kier alpha value is -1.34. The smallest absolute Gasteiger partial charge is 0.224 e. The van der Waals surface area contributed by atoms with Crippen molar-refractivity contribution in [1.82, 2.24) is 5.32 Å². The van der Waals surface area contributed by atoms with Gasteiger partial charge in [-0.2, -0.15) is 16.6 Å². The van der Waals surface area contributed by atoms with Crippen molar-refractivity contribution in [2.75, 3.05) is 0 Å². The summed E-state index contributed by atoms with van der Waals surface area (Å²) in [5.74, 6) is -0.0221. The summed E-state index contributed by atoms with van der Waals surface area (Å²) in [5.41, 5.74) is 1.02. The second-order valence-electron chi connectivity index (χ2n) is 3.14. The van der Waals surface area contributed by atoms with Crippen LogP contribution in [0, 0.1) is 11.3 Å². The van der Waals surface area contributed by atoms with Crippen LogP contribution in [0.25, 0.3) is 0 Å². The molecule has 0 aromatic carbocycles. The van der Waals surface area contributed by atoms with Gasteiger partial charge in [-0.3, -0.25) is 4.79 Å². The van der Waals surface area contributed by atoms with Crippen molar-refractivity contribution in [2.24, 2.45) is 0 Å². The fourth-order valence-corrected chi connectivity index (χ4v) is 1.76. The van der Waals surface area contributed by atoms with E-state index in [0.29, 0.717) is 12.8 Å². The summed E-state index contributed by atoms with van der Waals surface area (Å²) in [6, 6.07) is 3.89. The van der Waals surface area contributed by atoms with Crippen molar-refractivity contribution in [3.05, 3.63) is 22.4 Å². The number of carbonyl (C=O) groups excluding carboxylic acids is 1. The lowest BCUT2D eigenvalue weighted by atomic mass is 10.2. The Morgan fingerprint density at radius 3 is 3.14 bits per heavy atom. The summed E-state index contributed by atoms with van der Waals surface area (Å²) in [4.78, 5) is 11.4. The first kappa shape index (κ1) is 10.7. The van der Waals surface area contributed by atoms with E-state index in [4.69, 9.17) is 5.26 Å². The number of carbonyl (C=O) groups is 1. The summed E-state index contributed by atoms with van der Waals surface area (Å²) in [6.07, 6.45) is 0.759. The zero-order chi connectivity index (χ0) is 10.4. The zero-order valence-electron chi connectivity index (χ0n) is 7.99. The van der Waals surface area contributed by atoms with Crippen LogP contribution < -0.4 is 5.32 Å². The molecule has 14 heavy (non-hydrogen) atoms. The molecule has 0 bridgehead atoms. The second kappa shape index (κ2) is 5.40. The summed E-state index contributed by atoms with van der Waals surface area (Å²) < 4.78 is 0. The van der Waals surface area contributed by atoms with Gasteiger partial charge in [-0.1, -0.05) is 0 Å². The first-order valence-corrected chi connectivity index (χ1v) is 5.34. The molecule has 0 radical (unpaired) electrons. The van der Waals surface area contributed by atoms with Crippen molar-refractivity contribution in [3.8, 4) is 6.07 Å². The molecule has 1 rings (SSSR count). The van der Waals surface area contributed by atoms with Crippen LogP contribution in [0.5, 0.6) is 0 Å². The van der Waals surface area contributed by atoms with Crippen molar-refractivity contribution in [1.29, 1.82) is 5.26 Å². The Bertz CT molecular complexity index is 326. The van der Waals surface area contributed by atoms with Gasteiger partial charge in [-0.15, -0.1) is 0 Å². The van der Waals surface area contributed by atoms with Crippen LogP contribution in [0.15, 0.2) is 16.8 Å². The van der Waals surface area contributed by atoms with Gasteiger partial charge in [0.05, 0.1) is 18.9 Å². The van der Waals surface area contributed by atoms with Gasteiger partial charge >= 0.3 is 0 Å². The SMILES string of the molecule is CC(CC#N)NC(=O)Cc1ccsc1. The molecule has 0 fully saturated rings. The molecule has 1 heterocycles. The maximum absolute atomic E-state index is 11.4. The van der Waals surface area contributed by atoms with Crippen LogP contribution in [0.2, 0.25) is 0 Å². The van der Waals surface area contributed by atoms with Crippen LogP contribution >= 0.6 is 11.3 Å². The van der Waals surface area contributed by atoms with Crippen LogP contribution in [0.3, 0.4) is 0 Å². The molecule has 3 nitrogen and oxygen atoms in total. The van der Waals surface area contributed by atoms with E-state index in [1.165, 1.54) is 0 Å². The number of amides is 1. The standard InChI is InChI=1S/C10H12N2OS/c1-8(2-4-11)12-10(13)6-9-3-5-14-7-9/h3,5,7-8H,2,6H2,1H3,(H,12,13). The fourth-order valence-electron chi connectivity index (χ4n) is 1.09. The van der Waals surface area contributed by atoms with Gasteiger partial charge in [0.1, 0.15) is 0 Å². The van der Waals surface area contributed by atoms with Crippen LogP contribution in [-0.2, 0) is 11.2 Å². The van der Waals surface area contributed by atoms with Gasteiger partial charge in [0, 0.05) is 6.04 Å². The quantitative estimate of drug-likeness (QED) is 0.819. The number of rotatable bonds is 4. The average molecular weight is 208 g/mol. The lowest BCUT2D eigenvalue weighted by Gasteiger charge is -2.09. The van der Waals surface area contributed by atoms with Gasteiger partial charge in [0.2, 0.25) is 5.91 Å². The number of nitriles is 1. The van der Waals surface area contributed by atoms with E-state index in [2.05, 4.69) is 5.32 Å². The number of nitrogens with one attached hydrogen (secondary N) is 1. The Balaban J connectivity index is 2.33. The van der Waals surface area contributed by atoms with E-state index < -0.39 is 0 Å². The molecule has 1 atom stereocenters. The molecule has 4 heteroatoms. The monoisotopic (exact) mass is 208 g/mol. The van der Waals surface area contributed by atoms with E-state index in [9.17, 15) is 4.79 Å². The predicted octanol–water partition coefficient (Wildman–Crippen LogP) is 1.71. The Morgan fingerprint density at radius 2 is 2.57 bits per heavy atom. The van der Waals surface area contributed by atoms with Gasteiger partial charge in [0.25, 0.3) is 0 Å². The van der Waals surface area contributed by atoms with Crippen molar-refractivity contribution >= 4 is 17.2 Å². The molecule has 0 spiro atoms. The topological polar surface area (TPSA) is 52.9 Å². The Kier molecular flexibility index (Phi) is 4.14. The maximum Gasteiger partial charge on any atom is 0.224 e. The third-order valence-corrected chi connectivity index (χ3v) is 2.48. The first-order valence-electron chi connectivity index (χ1n) is 4.39. The van der Waals surface area contributed by atoms with E-state index in [1.807, 2.05) is 29.8 Å². The average Bonchev–Trinajstić information content (AvgIpc) is 2.56. The molecule has 1 N–H and O–H groups in total. The Morgan fingerprint density at radius 1 is 1.79 bits per heavy atom. The molecule has 74 valence electrons. The minimum absolute atomic E-state index is 0.0221. The second-order valence-corrected chi connectivity index (χ2v) is 3.92. The van der Waals surface area contributed by atoms with Crippen molar-refractivity contribution < 1.29 is 4.79 Å².